The van der Waals surface area contributed by atoms with E-state index in [4.69, 9.17) is 10.7 Å². The van der Waals surface area contributed by atoms with Gasteiger partial charge in [-0.3, -0.25) is 18.6 Å². The van der Waals surface area contributed by atoms with Crippen LogP contribution in [0.3, 0.4) is 0 Å². The van der Waals surface area contributed by atoms with Crippen LogP contribution in [0.2, 0.25) is 0 Å². The van der Waals surface area contributed by atoms with Crippen LogP contribution < -0.4 is 11.1 Å². The highest BCUT2D eigenvalue weighted by Crippen LogP contribution is 2.25. The number of imidazole rings is 2. The quantitative estimate of drug-likeness (QED) is 0.382. The minimum atomic E-state index is -0.601. The molecule has 0 saturated carbocycles. The number of primary amides is 1. The number of rotatable bonds is 6. The number of nitrogens with zero attached hydrogens (tertiary/aromatic N) is 5. The molecule has 36 heavy (non-hydrogen) atoms. The number of nitrogens with two attached hydrogens (primary N) is 1. The summed E-state index contributed by atoms with van der Waals surface area (Å²) < 4.78 is 17.5. The van der Waals surface area contributed by atoms with Gasteiger partial charge in [-0.05, 0) is 50.2 Å². The van der Waals surface area contributed by atoms with Crippen LogP contribution in [0.15, 0.2) is 73.2 Å². The second-order valence-electron chi connectivity index (χ2n) is 8.32. The first-order chi connectivity index (χ1) is 17.3. The predicted molar refractivity (Wildman–Crippen MR) is 131 cm³/mol. The van der Waals surface area contributed by atoms with Crippen LogP contribution in [0.1, 0.15) is 45.2 Å². The van der Waals surface area contributed by atoms with Crippen molar-refractivity contribution in [3.05, 3.63) is 102 Å². The summed E-state index contributed by atoms with van der Waals surface area (Å²) in [4.78, 5) is 38.1. The molecule has 1 aromatic carbocycles. The van der Waals surface area contributed by atoms with Crippen LogP contribution in [0.25, 0.3) is 22.9 Å². The zero-order valence-corrected chi connectivity index (χ0v) is 19.5. The fourth-order valence-electron chi connectivity index (χ4n) is 3.94. The fourth-order valence-corrected chi connectivity index (χ4v) is 3.94. The summed E-state index contributed by atoms with van der Waals surface area (Å²) in [6.07, 6.45) is 4.92. The Bertz CT molecular complexity index is 1620. The molecule has 0 aliphatic carbocycles. The highest BCUT2D eigenvalue weighted by Gasteiger charge is 2.21. The number of hydrogen-bond donors (Lipinski definition) is 2. The average molecular weight is 484 g/mol. The molecule has 0 aliphatic rings. The number of halogens is 1. The SMILES string of the molecule is Cc1cccc(-c2nc(C(C)NC(=O)c3ccccc3F)cn2-c2ccc3ncc(C(N)=O)n3c2)n1. The van der Waals surface area contributed by atoms with E-state index in [1.165, 1.54) is 24.4 Å². The average Bonchev–Trinajstić information content (AvgIpc) is 3.49. The van der Waals surface area contributed by atoms with Crippen molar-refractivity contribution in [3.63, 3.8) is 0 Å². The number of carbonyl (C=O) groups is 2. The van der Waals surface area contributed by atoms with Crippen molar-refractivity contribution in [1.82, 2.24) is 29.2 Å². The number of hydrogen-bond acceptors (Lipinski definition) is 5. The molecule has 1 unspecified atom stereocenters. The van der Waals surface area contributed by atoms with E-state index in [1.807, 2.05) is 35.8 Å². The minimum absolute atomic E-state index is 0.0473. The summed E-state index contributed by atoms with van der Waals surface area (Å²) in [5.41, 5.74) is 8.91. The van der Waals surface area contributed by atoms with Crippen molar-refractivity contribution in [1.29, 1.82) is 0 Å². The monoisotopic (exact) mass is 483 g/mol. The molecular weight excluding hydrogens is 461 g/mol. The van der Waals surface area contributed by atoms with E-state index < -0.39 is 23.7 Å². The van der Waals surface area contributed by atoms with Gasteiger partial charge in [0.2, 0.25) is 0 Å². The van der Waals surface area contributed by atoms with Gasteiger partial charge < -0.3 is 11.1 Å². The lowest BCUT2D eigenvalue weighted by atomic mass is 10.1. The first kappa shape index (κ1) is 22.9. The molecule has 4 heterocycles. The number of carbonyl (C=O) groups excluding carboxylic acids is 2. The van der Waals surface area contributed by atoms with Crippen LogP contribution in [-0.4, -0.2) is 35.7 Å². The lowest BCUT2D eigenvalue weighted by Gasteiger charge is -2.12. The zero-order chi connectivity index (χ0) is 25.4. The Kier molecular flexibility index (Phi) is 5.77. The smallest absolute Gasteiger partial charge is 0.267 e. The van der Waals surface area contributed by atoms with Gasteiger partial charge in [-0.25, -0.2) is 19.3 Å². The molecule has 9 nitrogen and oxygen atoms in total. The first-order valence-electron chi connectivity index (χ1n) is 11.2. The molecule has 3 N–H and O–H groups in total. The molecule has 10 heteroatoms. The highest BCUT2D eigenvalue weighted by atomic mass is 19.1. The molecule has 4 aromatic heterocycles. The van der Waals surface area contributed by atoms with Crippen molar-refractivity contribution in [3.8, 4) is 17.2 Å². The van der Waals surface area contributed by atoms with Crippen LogP contribution in [0.4, 0.5) is 4.39 Å². The molecule has 5 rings (SSSR count). The molecule has 0 fully saturated rings. The number of aromatic nitrogens is 5. The normalized spacial score (nSPS) is 12.0. The van der Waals surface area contributed by atoms with E-state index in [9.17, 15) is 14.0 Å². The van der Waals surface area contributed by atoms with Gasteiger partial charge in [0, 0.05) is 18.1 Å². The van der Waals surface area contributed by atoms with Crippen molar-refractivity contribution < 1.29 is 14.0 Å². The topological polar surface area (TPSA) is 120 Å². The summed E-state index contributed by atoms with van der Waals surface area (Å²) in [6, 6.07) is 14.4. The third-order valence-corrected chi connectivity index (χ3v) is 5.77. The number of nitrogens with one attached hydrogen (secondary N) is 1. The number of pyridine rings is 2. The molecule has 1 atom stereocenters. The summed E-state index contributed by atoms with van der Waals surface area (Å²) in [5.74, 6) is -1.22. The lowest BCUT2D eigenvalue weighted by Crippen LogP contribution is -2.27. The van der Waals surface area contributed by atoms with E-state index in [-0.39, 0.29) is 11.3 Å². The van der Waals surface area contributed by atoms with Crippen molar-refractivity contribution in [2.75, 3.05) is 0 Å². The Labute approximate surface area is 205 Å². The summed E-state index contributed by atoms with van der Waals surface area (Å²) >= 11 is 0. The van der Waals surface area contributed by atoms with Gasteiger partial charge in [0.1, 0.15) is 22.9 Å². The molecule has 180 valence electrons. The second kappa shape index (κ2) is 9.06. The first-order valence-corrected chi connectivity index (χ1v) is 11.2. The van der Waals surface area contributed by atoms with E-state index in [2.05, 4.69) is 15.3 Å². The standard InChI is InChI=1S/C26H22FN7O2/c1-15-6-5-9-20(30-15)25-32-21(16(2)31-26(36)18-7-3-4-8-19(18)27)14-33(25)17-10-11-23-29-12-22(24(28)35)34(23)13-17/h3-14,16H,1-2H3,(H2,28,35)(H,31,36). The van der Waals surface area contributed by atoms with Gasteiger partial charge in [-0.15, -0.1) is 0 Å². The van der Waals surface area contributed by atoms with Crippen molar-refractivity contribution in [2.24, 2.45) is 5.73 Å². The van der Waals surface area contributed by atoms with Gasteiger partial charge >= 0.3 is 0 Å². The van der Waals surface area contributed by atoms with Crippen LogP contribution in [-0.2, 0) is 0 Å². The van der Waals surface area contributed by atoms with E-state index in [0.717, 1.165) is 5.69 Å². The summed E-state index contributed by atoms with van der Waals surface area (Å²) in [5, 5.41) is 2.81. The maximum absolute atomic E-state index is 14.1. The Hall–Kier alpha value is -4.86. The maximum atomic E-state index is 14.1. The molecule has 0 radical (unpaired) electrons. The van der Waals surface area contributed by atoms with E-state index in [0.29, 0.717) is 28.5 Å². The van der Waals surface area contributed by atoms with Gasteiger partial charge in [0.05, 0.1) is 29.2 Å². The molecular formula is C26H22FN7O2. The van der Waals surface area contributed by atoms with E-state index >= 15 is 0 Å². The predicted octanol–water partition coefficient (Wildman–Crippen LogP) is 3.62. The van der Waals surface area contributed by atoms with Gasteiger partial charge in [0.25, 0.3) is 11.8 Å². The van der Waals surface area contributed by atoms with Crippen LogP contribution in [0, 0.1) is 12.7 Å². The summed E-state index contributed by atoms with van der Waals surface area (Å²) in [6.45, 7) is 3.65. The largest absolute Gasteiger partial charge is 0.364 e. The van der Waals surface area contributed by atoms with E-state index in [1.54, 1.807) is 35.9 Å². The maximum Gasteiger partial charge on any atom is 0.267 e. The highest BCUT2D eigenvalue weighted by molar-refractivity contribution is 5.94. The Morgan fingerprint density at radius 3 is 2.58 bits per heavy atom. The number of benzene rings is 1. The Morgan fingerprint density at radius 2 is 1.83 bits per heavy atom. The molecule has 2 amide bonds. The molecule has 0 aliphatic heterocycles. The second-order valence-corrected chi connectivity index (χ2v) is 8.32. The number of amides is 2. The number of fused-ring (bicyclic) bond motifs is 1. The fraction of sp³-hybridized carbons (Fsp3) is 0.115. The zero-order valence-electron chi connectivity index (χ0n) is 19.5. The molecule has 0 spiro atoms. The minimum Gasteiger partial charge on any atom is -0.364 e. The molecule has 0 bridgehead atoms. The Balaban J connectivity index is 1.58. The molecule has 0 saturated heterocycles. The van der Waals surface area contributed by atoms with Crippen molar-refractivity contribution >= 4 is 17.5 Å². The summed E-state index contributed by atoms with van der Waals surface area (Å²) in [7, 11) is 0. The lowest BCUT2D eigenvalue weighted by molar-refractivity contribution is 0.0934. The third kappa shape index (κ3) is 4.20. The van der Waals surface area contributed by atoms with Crippen molar-refractivity contribution in [2.45, 2.75) is 19.9 Å². The van der Waals surface area contributed by atoms with Gasteiger partial charge in [0.15, 0.2) is 5.82 Å². The van der Waals surface area contributed by atoms with Crippen LogP contribution in [0.5, 0.6) is 0 Å². The Morgan fingerprint density at radius 1 is 1.03 bits per heavy atom. The molecule has 5 aromatic rings. The van der Waals surface area contributed by atoms with Crippen LogP contribution >= 0.6 is 0 Å². The number of aryl methyl sites for hydroxylation is 1. The van der Waals surface area contributed by atoms with Gasteiger partial charge in [-0.2, -0.15) is 0 Å². The van der Waals surface area contributed by atoms with Gasteiger partial charge in [-0.1, -0.05) is 18.2 Å². The third-order valence-electron chi connectivity index (χ3n) is 5.77.